The molecule has 0 aliphatic carbocycles. The van der Waals surface area contributed by atoms with Gasteiger partial charge in [-0.15, -0.1) is 0 Å². The number of rotatable bonds is 6. The standard InChI is InChI=1S/C36H34FN5O3.C4H10O/c1-6-44-32(43)18-29-22(4)39-36-21(3)33(25-10-7-9-23(15-25)24-12-13-31-26(16-24)19-38-41(31)5)40-42(36)34(29)28-17-30(37)35-27(20(28)2)11-8-14-45-35;1-4(2,3)5/h7,9-10,12-13,15-17,19H,6,8,11,14,18H2,1-5H3;5H,1-3H3. The van der Waals surface area contributed by atoms with E-state index < -0.39 is 11.4 Å². The van der Waals surface area contributed by atoms with E-state index in [-0.39, 0.29) is 19.0 Å². The number of halogens is 1. The highest BCUT2D eigenvalue weighted by atomic mass is 19.1. The van der Waals surface area contributed by atoms with Crippen LogP contribution in [0.1, 0.15) is 62.1 Å². The molecule has 10 heteroatoms. The number of esters is 1. The Morgan fingerprint density at radius 1 is 1.04 bits per heavy atom. The minimum Gasteiger partial charge on any atom is -0.490 e. The Labute approximate surface area is 291 Å². The third-order valence-corrected chi connectivity index (χ3v) is 8.83. The van der Waals surface area contributed by atoms with Gasteiger partial charge >= 0.3 is 5.97 Å². The van der Waals surface area contributed by atoms with Crippen LogP contribution in [-0.4, -0.2) is 54.3 Å². The van der Waals surface area contributed by atoms with Crippen LogP contribution in [0.5, 0.6) is 5.75 Å². The number of ether oxygens (including phenoxy) is 2. The van der Waals surface area contributed by atoms with Crippen molar-refractivity contribution in [1.82, 2.24) is 24.4 Å². The Balaban J connectivity index is 0.000000808. The van der Waals surface area contributed by atoms with Crippen LogP contribution in [0.15, 0.2) is 54.7 Å². The second-order valence-electron chi connectivity index (χ2n) is 13.8. The molecule has 3 aromatic carbocycles. The van der Waals surface area contributed by atoms with Crippen molar-refractivity contribution >= 4 is 22.5 Å². The van der Waals surface area contributed by atoms with Crippen LogP contribution in [-0.2, 0) is 29.4 Å². The summed E-state index contributed by atoms with van der Waals surface area (Å²) in [6.07, 6.45) is 3.39. The van der Waals surface area contributed by atoms with Gasteiger partial charge in [0, 0.05) is 45.9 Å². The predicted molar refractivity (Wildman–Crippen MR) is 194 cm³/mol. The van der Waals surface area contributed by atoms with Gasteiger partial charge in [0.05, 0.1) is 48.3 Å². The van der Waals surface area contributed by atoms with Crippen molar-refractivity contribution in [1.29, 1.82) is 0 Å². The normalized spacial score (nSPS) is 12.8. The first-order valence-electron chi connectivity index (χ1n) is 17.0. The van der Waals surface area contributed by atoms with E-state index in [9.17, 15) is 4.79 Å². The highest BCUT2D eigenvalue weighted by molar-refractivity contribution is 5.86. The molecule has 0 saturated heterocycles. The summed E-state index contributed by atoms with van der Waals surface area (Å²) < 4.78 is 30.3. The average molecular weight is 678 g/mol. The summed E-state index contributed by atoms with van der Waals surface area (Å²) in [6.45, 7) is 13.6. The van der Waals surface area contributed by atoms with Crippen LogP contribution in [0.3, 0.4) is 0 Å². The fourth-order valence-corrected chi connectivity index (χ4v) is 6.51. The lowest BCUT2D eigenvalue weighted by Gasteiger charge is -2.23. The van der Waals surface area contributed by atoms with Crippen molar-refractivity contribution in [2.75, 3.05) is 13.2 Å². The van der Waals surface area contributed by atoms with E-state index >= 15 is 4.39 Å². The summed E-state index contributed by atoms with van der Waals surface area (Å²) in [6, 6.07) is 16.1. The summed E-state index contributed by atoms with van der Waals surface area (Å²) in [5, 5.41) is 19.1. The van der Waals surface area contributed by atoms with Crippen molar-refractivity contribution in [2.24, 2.45) is 7.05 Å². The zero-order valence-corrected chi connectivity index (χ0v) is 30.0. The maximum atomic E-state index is 15.6. The molecule has 4 heterocycles. The molecule has 0 fully saturated rings. The number of hydrogen-bond acceptors (Lipinski definition) is 7. The van der Waals surface area contributed by atoms with Gasteiger partial charge in [-0.25, -0.2) is 13.9 Å². The smallest absolute Gasteiger partial charge is 0.310 e. The molecule has 0 radical (unpaired) electrons. The molecule has 50 heavy (non-hydrogen) atoms. The molecule has 0 spiro atoms. The van der Waals surface area contributed by atoms with E-state index in [0.29, 0.717) is 46.9 Å². The number of hydrogen-bond donors (Lipinski definition) is 1. The van der Waals surface area contributed by atoms with Crippen molar-refractivity contribution < 1.29 is 23.8 Å². The molecule has 0 saturated carbocycles. The number of carbonyl (C=O) groups is 1. The van der Waals surface area contributed by atoms with Gasteiger partial charge < -0.3 is 14.6 Å². The first-order valence-corrected chi connectivity index (χ1v) is 17.0. The van der Waals surface area contributed by atoms with E-state index in [1.807, 2.05) is 50.8 Å². The molecule has 0 unspecified atom stereocenters. The maximum Gasteiger partial charge on any atom is 0.310 e. The molecule has 1 aliphatic rings. The maximum absolute atomic E-state index is 15.6. The van der Waals surface area contributed by atoms with Gasteiger partial charge in [0.2, 0.25) is 0 Å². The minimum absolute atomic E-state index is 0.00681. The summed E-state index contributed by atoms with van der Waals surface area (Å²) in [5.74, 6) is -0.475. The number of aliphatic hydroxyl groups is 1. The van der Waals surface area contributed by atoms with Crippen molar-refractivity contribution in [3.05, 3.63) is 88.5 Å². The van der Waals surface area contributed by atoms with E-state index in [1.54, 1.807) is 32.2 Å². The molecule has 0 bridgehead atoms. The molecule has 3 aromatic heterocycles. The van der Waals surface area contributed by atoms with Crippen LogP contribution in [0.25, 0.3) is 50.2 Å². The lowest BCUT2D eigenvalue weighted by atomic mass is 9.91. The summed E-state index contributed by atoms with van der Waals surface area (Å²) in [5.41, 5.74) is 10.3. The molecular weight excluding hydrogens is 633 g/mol. The highest BCUT2D eigenvalue weighted by Gasteiger charge is 2.27. The van der Waals surface area contributed by atoms with Gasteiger partial charge in [0.1, 0.15) is 0 Å². The molecule has 0 atom stereocenters. The zero-order valence-electron chi connectivity index (χ0n) is 30.0. The fourth-order valence-electron chi connectivity index (χ4n) is 6.51. The largest absolute Gasteiger partial charge is 0.490 e. The first-order chi connectivity index (χ1) is 23.7. The topological polar surface area (TPSA) is 104 Å². The van der Waals surface area contributed by atoms with Crippen molar-refractivity contribution in [2.45, 2.75) is 73.3 Å². The van der Waals surface area contributed by atoms with Gasteiger partial charge in [0.25, 0.3) is 0 Å². The van der Waals surface area contributed by atoms with Crippen LogP contribution in [0.2, 0.25) is 0 Å². The second-order valence-corrected chi connectivity index (χ2v) is 13.8. The number of aromatic nitrogens is 5. The van der Waals surface area contributed by atoms with Crippen molar-refractivity contribution in [3.8, 4) is 39.4 Å². The van der Waals surface area contributed by atoms with Crippen LogP contribution in [0, 0.1) is 26.6 Å². The van der Waals surface area contributed by atoms with Gasteiger partial charge in [0.15, 0.2) is 17.2 Å². The number of nitrogens with zero attached hydrogens (tertiary/aromatic N) is 5. The molecule has 0 amide bonds. The van der Waals surface area contributed by atoms with E-state index in [4.69, 9.17) is 24.7 Å². The van der Waals surface area contributed by atoms with Crippen LogP contribution < -0.4 is 4.74 Å². The summed E-state index contributed by atoms with van der Waals surface area (Å²) >= 11 is 0. The van der Waals surface area contributed by atoms with Gasteiger partial charge in [-0.3, -0.25) is 9.48 Å². The molecule has 6 aromatic rings. The average Bonchev–Trinajstić information content (AvgIpc) is 3.61. The zero-order chi connectivity index (χ0) is 35.9. The Kier molecular flexibility index (Phi) is 9.50. The monoisotopic (exact) mass is 677 g/mol. The third kappa shape index (κ3) is 6.85. The van der Waals surface area contributed by atoms with Crippen LogP contribution >= 0.6 is 0 Å². The number of aryl methyl sites for hydroxylation is 3. The lowest BCUT2D eigenvalue weighted by molar-refractivity contribution is -0.142. The minimum atomic E-state index is -0.500. The molecule has 1 N–H and O–H groups in total. The number of benzene rings is 3. The van der Waals surface area contributed by atoms with Crippen molar-refractivity contribution in [3.63, 3.8) is 0 Å². The fraction of sp³-hybridized carbons (Fsp3) is 0.350. The summed E-state index contributed by atoms with van der Waals surface area (Å²) in [4.78, 5) is 17.8. The number of carbonyl (C=O) groups excluding carboxylic acids is 1. The third-order valence-electron chi connectivity index (χ3n) is 8.83. The molecule has 7 rings (SSSR count). The predicted octanol–water partition coefficient (Wildman–Crippen LogP) is 7.89. The van der Waals surface area contributed by atoms with Crippen LogP contribution in [0.4, 0.5) is 4.39 Å². The second kappa shape index (κ2) is 13.7. The Morgan fingerprint density at radius 2 is 1.76 bits per heavy atom. The van der Waals surface area contributed by atoms with Gasteiger partial charge in [-0.1, -0.05) is 24.3 Å². The molecular formula is C40H44FN5O4. The molecule has 1 aliphatic heterocycles. The van der Waals surface area contributed by atoms with E-state index in [1.165, 1.54) is 6.07 Å². The Morgan fingerprint density at radius 3 is 2.50 bits per heavy atom. The van der Waals surface area contributed by atoms with E-state index in [0.717, 1.165) is 56.4 Å². The Bertz CT molecular complexity index is 2240. The number of fused-ring (bicyclic) bond motifs is 3. The van der Waals surface area contributed by atoms with Gasteiger partial charge in [-0.2, -0.15) is 10.2 Å². The first kappa shape index (κ1) is 34.8. The van der Waals surface area contributed by atoms with Gasteiger partial charge in [-0.05, 0) is 102 Å². The highest BCUT2D eigenvalue weighted by Crippen LogP contribution is 2.40. The van der Waals surface area contributed by atoms with E-state index in [2.05, 4.69) is 35.4 Å². The lowest BCUT2D eigenvalue weighted by Crippen LogP contribution is -2.15. The SMILES string of the molecule is CC(C)(C)O.CCOC(=O)Cc1c(C)nc2c(C)c(-c3cccc(-c4ccc5c(cnn5C)c4)c3)nn2c1-c1cc(F)c2c(c1C)CCCO2. The Hall–Kier alpha value is -5.09. The summed E-state index contributed by atoms with van der Waals surface area (Å²) in [7, 11) is 1.94. The molecule has 9 nitrogen and oxygen atoms in total. The quantitative estimate of drug-likeness (QED) is 0.179. The molecule has 260 valence electrons.